The van der Waals surface area contributed by atoms with Gasteiger partial charge in [-0.15, -0.1) is 0 Å². The summed E-state index contributed by atoms with van der Waals surface area (Å²) >= 11 is 12.1. The second kappa shape index (κ2) is 10.4. The normalized spacial score (nSPS) is 12.2. The fourth-order valence-corrected chi connectivity index (χ4v) is 5.07. The quantitative estimate of drug-likeness (QED) is 0.471. The molecule has 3 aromatic carbocycles. The highest BCUT2D eigenvalue weighted by Crippen LogP contribution is 2.27. The standard InChI is InChI=1S/C23H22Cl2N2O4S/c1-15-8-11-21(31-2)19(12-15)26-23(28)20(13-16-6-4-3-5-7-16)27-32(29,30)22-14-17(24)9-10-18(22)25/h3-12,14,20,27H,13H2,1-2H3,(H,26,28)/t20-/m0/s1. The van der Waals surface area contributed by atoms with E-state index in [0.29, 0.717) is 11.4 Å². The van der Waals surface area contributed by atoms with Crippen LogP contribution in [-0.4, -0.2) is 27.5 Å². The molecule has 0 aromatic heterocycles. The zero-order valence-electron chi connectivity index (χ0n) is 17.4. The van der Waals surface area contributed by atoms with Crippen molar-refractivity contribution in [1.29, 1.82) is 0 Å². The number of nitrogens with one attached hydrogen (secondary N) is 2. The molecule has 0 aliphatic heterocycles. The first-order valence-electron chi connectivity index (χ1n) is 9.66. The van der Waals surface area contributed by atoms with E-state index in [-0.39, 0.29) is 21.4 Å². The molecule has 6 nitrogen and oxygen atoms in total. The monoisotopic (exact) mass is 492 g/mol. The van der Waals surface area contributed by atoms with Crippen molar-refractivity contribution in [3.05, 3.63) is 87.9 Å². The zero-order chi connectivity index (χ0) is 23.3. The van der Waals surface area contributed by atoms with Crippen LogP contribution in [0.25, 0.3) is 0 Å². The number of benzene rings is 3. The van der Waals surface area contributed by atoms with Gasteiger partial charge in [-0.25, -0.2) is 8.42 Å². The van der Waals surface area contributed by atoms with Crippen molar-refractivity contribution in [2.24, 2.45) is 0 Å². The van der Waals surface area contributed by atoms with Crippen LogP contribution in [0.2, 0.25) is 10.0 Å². The summed E-state index contributed by atoms with van der Waals surface area (Å²) < 4.78 is 33.9. The van der Waals surface area contributed by atoms with Gasteiger partial charge in [0.2, 0.25) is 15.9 Å². The molecule has 9 heteroatoms. The van der Waals surface area contributed by atoms with Crippen LogP contribution >= 0.6 is 23.2 Å². The number of carbonyl (C=O) groups excluding carboxylic acids is 1. The second-order valence-corrected chi connectivity index (χ2v) is 9.66. The molecule has 32 heavy (non-hydrogen) atoms. The molecule has 0 heterocycles. The summed E-state index contributed by atoms with van der Waals surface area (Å²) in [4.78, 5) is 13.0. The van der Waals surface area contributed by atoms with Gasteiger partial charge in [-0.3, -0.25) is 4.79 Å². The minimum atomic E-state index is -4.15. The lowest BCUT2D eigenvalue weighted by molar-refractivity contribution is -0.117. The summed E-state index contributed by atoms with van der Waals surface area (Å²) in [7, 11) is -2.66. The molecule has 0 fully saturated rings. The van der Waals surface area contributed by atoms with Crippen molar-refractivity contribution in [2.45, 2.75) is 24.3 Å². The number of halogens is 2. The van der Waals surface area contributed by atoms with Crippen LogP contribution in [0.15, 0.2) is 71.6 Å². The van der Waals surface area contributed by atoms with Crippen LogP contribution in [0.1, 0.15) is 11.1 Å². The van der Waals surface area contributed by atoms with Crippen molar-refractivity contribution < 1.29 is 17.9 Å². The summed E-state index contributed by atoms with van der Waals surface area (Å²) in [5.41, 5.74) is 2.13. The molecule has 0 saturated carbocycles. The van der Waals surface area contributed by atoms with Crippen LogP contribution in [-0.2, 0) is 21.2 Å². The van der Waals surface area contributed by atoms with Gasteiger partial charge in [0.1, 0.15) is 16.7 Å². The molecule has 0 spiro atoms. The maximum Gasteiger partial charge on any atom is 0.243 e. The Labute approximate surface area is 197 Å². The Morgan fingerprint density at radius 2 is 1.75 bits per heavy atom. The van der Waals surface area contributed by atoms with E-state index in [1.54, 1.807) is 12.1 Å². The number of hydrogen-bond donors (Lipinski definition) is 2. The van der Waals surface area contributed by atoms with E-state index in [1.807, 2.05) is 43.3 Å². The van der Waals surface area contributed by atoms with E-state index >= 15 is 0 Å². The first kappa shape index (κ1) is 24.1. The van der Waals surface area contributed by atoms with Crippen LogP contribution in [0.3, 0.4) is 0 Å². The van der Waals surface area contributed by atoms with E-state index in [9.17, 15) is 13.2 Å². The average molecular weight is 493 g/mol. The predicted molar refractivity (Wildman–Crippen MR) is 127 cm³/mol. The SMILES string of the molecule is COc1ccc(C)cc1NC(=O)[C@H](Cc1ccccc1)NS(=O)(=O)c1cc(Cl)ccc1Cl. The first-order chi connectivity index (χ1) is 15.2. The predicted octanol–water partition coefficient (Wildman–Crippen LogP) is 4.84. The van der Waals surface area contributed by atoms with Crippen LogP contribution < -0.4 is 14.8 Å². The molecule has 1 amide bonds. The van der Waals surface area contributed by atoms with Gasteiger partial charge in [0, 0.05) is 5.02 Å². The summed E-state index contributed by atoms with van der Waals surface area (Å²) in [6.07, 6.45) is 0.123. The van der Waals surface area contributed by atoms with Gasteiger partial charge in [-0.2, -0.15) is 4.72 Å². The van der Waals surface area contributed by atoms with Crippen molar-refractivity contribution in [1.82, 2.24) is 4.72 Å². The van der Waals surface area contributed by atoms with Gasteiger partial charge in [0.15, 0.2) is 0 Å². The topological polar surface area (TPSA) is 84.5 Å². The third kappa shape index (κ3) is 6.01. The molecule has 3 rings (SSSR count). The number of rotatable bonds is 8. The highest BCUT2D eigenvalue weighted by atomic mass is 35.5. The first-order valence-corrected chi connectivity index (χ1v) is 11.9. The van der Waals surface area contributed by atoms with E-state index in [0.717, 1.165) is 11.1 Å². The van der Waals surface area contributed by atoms with Gasteiger partial charge < -0.3 is 10.1 Å². The average Bonchev–Trinajstić information content (AvgIpc) is 2.75. The number of anilines is 1. The summed E-state index contributed by atoms with van der Waals surface area (Å²) in [5.74, 6) is -0.0809. The summed E-state index contributed by atoms with van der Waals surface area (Å²) in [5, 5.41) is 2.99. The number of sulfonamides is 1. The van der Waals surface area contributed by atoms with Crippen molar-refractivity contribution >= 4 is 44.8 Å². The molecule has 0 radical (unpaired) electrons. The van der Waals surface area contributed by atoms with Crippen molar-refractivity contribution in [2.75, 3.05) is 12.4 Å². The Morgan fingerprint density at radius 3 is 2.44 bits per heavy atom. The van der Waals surface area contributed by atoms with Gasteiger partial charge in [-0.1, -0.05) is 59.6 Å². The lowest BCUT2D eigenvalue weighted by Crippen LogP contribution is -2.45. The molecule has 0 saturated heterocycles. The largest absolute Gasteiger partial charge is 0.495 e. The lowest BCUT2D eigenvalue weighted by atomic mass is 10.1. The summed E-state index contributed by atoms with van der Waals surface area (Å²) in [6, 6.07) is 17.4. The number of methoxy groups -OCH3 is 1. The van der Waals surface area contributed by atoms with E-state index in [2.05, 4.69) is 10.0 Å². The van der Waals surface area contributed by atoms with E-state index in [4.69, 9.17) is 27.9 Å². The van der Waals surface area contributed by atoms with Crippen LogP contribution in [0.5, 0.6) is 5.75 Å². The smallest absolute Gasteiger partial charge is 0.243 e. The summed E-state index contributed by atoms with van der Waals surface area (Å²) in [6.45, 7) is 1.88. The number of amides is 1. The minimum absolute atomic E-state index is 0.00104. The molecule has 0 unspecified atom stereocenters. The maximum atomic E-state index is 13.2. The molecular weight excluding hydrogens is 471 g/mol. The maximum absolute atomic E-state index is 13.2. The Kier molecular flexibility index (Phi) is 7.79. The molecule has 0 aliphatic carbocycles. The zero-order valence-corrected chi connectivity index (χ0v) is 19.8. The third-order valence-corrected chi connectivity index (χ3v) is 6.88. The lowest BCUT2D eigenvalue weighted by Gasteiger charge is -2.20. The highest BCUT2D eigenvalue weighted by molar-refractivity contribution is 7.89. The second-order valence-electron chi connectivity index (χ2n) is 7.13. The molecule has 168 valence electrons. The Bertz CT molecular complexity index is 1220. The van der Waals surface area contributed by atoms with Gasteiger partial charge in [-0.05, 0) is 54.8 Å². The van der Waals surface area contributed by atoms with Crippen LogP contribution in [0, 0.1) is 6.92 Å². The number of ether oxygens (including phenoxy) is 1. The molecular formula is C23H22Cl2N2O4S. The number of hydrogen-bond acceptors (Lipinski definition) is 4. The Balaban J connectivity index is 1.94. The number of carbonyl (C=O) groups is 1. The van der Waals surface area contributed by atoms with Crippen molar-refractivity contribution in [3.8, 4) is 5.75 Å². The minimum Gasteiger partial charge on any atom is -0.495 e. The van der Waals surface area contributed by atoms with Gasteiger partial charge >= 0.3 is 0 Å². The number of aryl methyl sites for hydroxylation is 1. The third-order valence-electron chi connectivity index (χ3n) is 4.69. The molecule has 3 aromatic rings. The molecule has 1 atom stereocenters. The van der Waals surface area contributed by atoms with E-state index in [1.165, 1.54) is 25.3 Å². The van der Waals surface area contributed by atoms with Gasteiger partial charge in [0.25, 0.3) is 0 Å². The Morgan fingerprint density at radius 1 is 1.03 bits per heavy atom. The molecule has 2 N–H and O–H groups in total. The Hall–Kier alpha value is -2.58. The van der Waals surface area contributed by atoms with Crippen LogP contribution in [0.4, 0.5) is 5.69 Å². The fraction of sp³-hybridized carbons (Fsp3) is 0.174. The van der Waals surface area contributed by atoms with Gasteiger partial charge in [0.05, 0.1) is 17.8 Å². The molecule has 0 bridgehead atoms. The molecule has 0 aliphatic rings. The van der Waals surface area contributed by atoms with Crippen molar-refractivity contribution in [3.63, 3.8) is 0 Å². The fourth-order valence-electron chi connectivity index (χ4n) is 3.11. The highest BCUT2D eigenvalue weighted by Gasteiger charge is 2.28. The van der Waals surface area contributed by atoms with E-state index < -0.39 is 22.0 Å².